The van der Waals surface area contributed by atoms with Crippen LogP contribution in [0.2, 0.25) is 0 Å². The summed E-state index contributed by atoms with van der Waals surface area (Å²) in [7, 11) is 0. The molecule has 0 rings (SSSR count). The van der Waals surface area contributed by atoms with Gasteiger partial charge < -0.3 is 0 Å². The number of allylic oxidation sites excluding steroid dienone is 2. The molecule has 2 radical (unpaired) electrons. The Morgan fingerprint density at radius 1 is 0.333 bits per heavy atom. The molecule has 0 saturated heterocycles. The highest BCUT2D eigenvalue weighted by molar-refractivity contribution is 4.81. The van der Waals surface area contributed by atoms with E-state index in [0.29, 0.717) is 0 Å². The van der Waals surface area contributed by atoms with Crippen LogP contribution in [0.5, 0.6) is 0 Å². The van der Waals surface area contributed by atoms with E-state index in [2.05, 4.69) is 26.0 Å². The zero-order valence-corrected chi connectivity index (χ0v) is 16.7. The van der Waals surface area contributed by atoms with E-state index in [1.807, 2.05) is 0 Å². The second kappa shape index (κ2) is 22.7. The van der Waals surface area contributed by atoms with Gasteiger partial charge in [0.15, 0.2) is 0 Å². The lowest BCUT2D eigenvalue weighted by Gasteiger charge is -2.02. The van der Waals surface area contributed by atoms with Crippen molar-refractivity contribution in [1.82, 2.24) is 0 Å². The fourth-order valence-corrected chi connectivity index (χ4v) is 3.23. The van der Waals surface area contributed by atoms with Gasteiger partial charge in [0.2, 0.25) is 0 Å². The number of rotatable bonds is 20. The molecule has 0 amide bonds. The molecule has 0 saturated carbocycles. The Morgan fingerprint density at radius 3 is 0.875 bits per heavy atom. The summed E-state index contributed by atoms with van der Waals surface area (Å²) in [5, 5.41) is 0. The van der Waals surface area contributed by atoms with Crippen molar-refractivity contribution in [3.8, 4) is 0 Å². The molecule has 0 aliphatic rings. The quantitative estimate of drug-likeness (QED) is 0.154. The minimum Gasteiger partial charge on any atom is -0.0885 e. The zero-order chi connectivity index (χ0) is 17.6. The van der Waals surface area contributed by atoms with Crippen molar-refractivity contribution in [2.24, 2.45) is 0 Å². The molecule has 0 atom stereocenters. The van der Waals surface area contributed by atoms with E-state index in [0.717, 1.165) is 12.8 Å². The van der Waals surface area contributed by atoms with Gasteiger partial charge in [-0.05, 0) is 25.7 Å². The van der Waals surface area contributed by atoms with Gasteiger partial charge >= 0.3 is 0 Å². The summed E-state index contributed by atoms with van der Waals surface area (Å²) >= 11 is 0. The molecule has 0 heteroatoms. The highest BCUT2D eigenvalue weighted by Gasteiger charge is 1.93. The summed E-state index contributed by atoms with van der Waals surface area (Å²) in [6.45, 7) is 7.79. The molecule has 0 bridgehead atoms. The normalized spacial score (nSPS) is 11.6. The van der Waals surface area contributed by atoms with Gasteiger partial charge in [-0.1, -0.05) is 129 Å². The van der Waals surface area contributed by atoms with Crippen LogP contribution in [-0.4, -0.2) is 0 Å². The Balaban J connectivity index is 3.02. The van der Waals surface area contributed by atoms with Crippen LogP contribution in [0.25, 0.3) is 0 Å². The highest BCUT2D eigenvalue weighted by atomic mass is 14.0. The van der Waals surface area contributed by atoms with Crippen LogP contribution in [-0.2, 0) is 0 Å². The second-order valence-corrected chi connectivity index (χ2v) is 7.41. The first-order valence-corrected chi connectivity index (χ1v) is 11.1. The molecule has 24 heavy (non-hydrogen) atoms. The number of hydrogen-bond acceptors (Lipinski definition) is 0. The minimum atomic E-state index is 1.10. The van der Waals surface area contributed by atoms with Gasteiger partial charge in [0.25, 0.3) is 0 Å². The van der Waals surface area contributed by atoms with Crippen molar-refractivity contribution in [3.05, 3.63) is 26.0 Å². The Hall–Kier alpha value is -0.260. The summed E-state index contributed by atoms with van der Waals surface area (Å²) in [5.74, 6) is 0. The number of unbranched alkanes of at least 4 members (excludes halogenated alkanes) is 18. The lowest BCUT2D eigenvalue weighted by atomic mass is 10.0. The van der Waals surface area contributed by atoms with Crippen LogP contribution in [0.15, 0.2) is 12.2 Å². The Bertz CT molecular complexity index is 228. The van der Waals surface area contributed by atoms with Gasteiger partial charge in [-0.3, -0.25) is 0 Å². The van der Waals surface area contributed by atoms with Crippen molar-refractivity contribution in [2.75, 3.05) is 0 Å². The van der Waals surface area contributed by atoms with Crippen LogP contribution in [0.1, 0.15) is 128 Å². The van der Waals surface area contributed by atoms with E-state index >= 15 is 0 Å². The third kappa shape index (κ3) is 21.7. The van der Waals surface area contributed by atoms with Gasteiger partial charge in [0, 0.05) is 0 Å². The molecule has 0 fully saturated rings. The van der Waals surface area contributed by atoms with Gasteiger partial charge in [-0.15, -0.1) is 0 Å². The molecular formula is C24H46. The van der Waals surface area contributed by atoms with Crippen molar-refractivity contribution in [1.29, 1.82) is 0 Å². The minimum absolute atomic E-state index is 1.10. The van der Waals surface area contributed by atoms with Gasteiger partial charge in [-0.25, -0.2) is 0 Å². The molecule has 0 aliphatic carbocycles. The third-order valence-electron chi connectivity index (χ3n) is 4.91. The van der Waals surface area contributed by atoms with Crippen molar-refractivity contribution >= 4 is 0 Å². The van der Waals surface area contributed by atoms with E-state index in [-0.39, 0.29) is 0 Å². The predicted octanol–water partition coefficient (Wildman–Crippen LogP) is 9.01. The Labute approximate surface area is 154 Å². The average Bonchev–Trinajstić information content (AvgIpc) is 2.60. The van der Waals surface area contributed by atoms with Crippen LogP contribution >= 0.6 is 0 Å². The largest absolute Gasteiger partial charge is 0.0885 e. The predicted molar refractivity (Wildman–Crippen MR) is 112 cm³/mol. The molecule has 0 unspecified atom stereocenters. The fourth-order valence-electron chi connectivity index (χ4n) is 3.23. The molecule has 0 aromatic heterocycles. The molecule has 0 N–H and O–H groups in total. The lowest BCUT2D eigenvalue weighted by Crippen LogP contribution is -1.82. The topological polar surface area (TPSA) is 0 Å². The van der Waals surface area contributed by atoms with Crippen LogP contribution in [0, 0.1) is 13.8 Å². The summed E-state index contributed by atoms with van der Waals surface area (Å²) in [6.07, 6.45) is 32.2. The van der Waals surface area contributed by atoms with Crippen LogP contribution in [0.3, 0.4) is 0 Å². The maximum atomic E-state index is 3.90. The van der Waals surface area contributed by atoms with Gasteiger partial charge in [0.05, 0.1) is 0 Å². The van der Waals surface area contributed by atoms with Gasteiger partial charge in [-0.2, -0.15) is 0 Å². The monoisotopic (exact) mass is 334 g/mol. The fraction of sp³-hybridized carbons (Fsp3) is 0.833. The molecule has 0 heterocycles. The highest BCUT2D eigenvalue weighted by Crippen LogP contribution is 2.13. The van der Waals surface area contributed by atoms with Gasteiger partial charge in [0.1, 0.15) is 0 Å². The van der Waals surface area contributed by atoms with E-state index in [1.54, 1.807) is 0 Å². The van der Waals surface area contributed by atoms with Crippen molar-refractivity contribution in [3.63, 3.8) is 0 Å². The molecule has 0 aromatic carbocycles. The SMILES string of the molecule is [CH2]CCCCCCC=CCCCCCCCCCCCCCC[CH2]. The molecule has 0 spiro atoms. The molecule has 142 valence electrons. The van der Waals surface area contributed by atoms with Crippen LogP contribution in [0.4, 0.5) is 0 Å². The molecule has 0 aliphatic heterocycles. The zero-order valence-electron chi connectivity index (χ0n) is 16.7. The van der Waals surface area contributed by atoms with E-state index in [9.17, 15) is 0 Å². The summed E-state index contributed by atoms with van der Waals surface area (Å²) < 4.78 is 0. The second-order valence-electron chi connectivity index (χ2n) is 7.41. The first-order valence-electron chi connectivity index (χ1n) is 11.1. The smallest absolute Gasteiger partial charge is 0.0351 e. The Morgan fingerprint density at radius 2 is 0.583 bits per heavy atom. The average molecular weight is 335 g/mol. The Kier molecular flexibility index (Phi) is 22.5. The standard InChI is InChI=1S/C24H46/c1-3-5-7-9-11-13-15-17-19-21-23-24-22-20-18-16-14-12-10-8-6-4-2/h15,17H,1-14,16,18-24H2. The molecule has 0 aromatic rings. The first kappa shape index (κ1) is 23.7. The van der Waals surface area contributed by atoms with E-state index in [4.69, 9.17) is 0 Å². The first-order chi connectivity index (χ1) is 11.9. The van der Waals surface area contributed by atoms with E-state index < -0.39 is 0 Å². The summed E-state index contributed by atoms with van der Waals surface area (Å²) in [4.78, 5) is 0. The molecule has 0 nitrogen and oxygen atoms in total. The lowest BCUT2D eigenvalue weighted by molar-refractivity contribution is 0.542. The maximum absolute atomic E-state index is 3.90. The molecular weight excluding hydrogens is 288 g/mol. The summed E-state index contributed by atoms with van der Waals surface area (Å²) in [6, 6.07) is 0. The third-order valence-corrected chi connectivity index (χ3v) is 4.91. The maximum Gasteiger partial charge on any atom is -0.0351 e. The number of hydrogen-bond donors (Lipinski definition) is 0. The van der Waals surface area contributed by atoms with Crippen molar-refractivity contribution in [2.45, 2.75) is 128 Å². The summed E-state index contributed by atoms with van der Waals surface area (Å²) in [5.41, 5.74) is 0. The van der Waals surface area contributed by atoms with Crippen LogP contribution < -0.4 is 0 Å². The van der Waals surface area contributed by atoms with Crippen molar-refractivity contribution < 1.29 is 0 Å². The van der Waals surface area contributed by atoms with E-state index in [1.165, 1.54) is 116 Å².